The molecule has 0 saturated carbocycles. The fourth-order valence-corrected chi connectivity index (χ4v) is 2.83. The number of quaternary nitrogens is 1. The van der Waals surface area contributed by atoms with Crippen LogP contribution in [0.25, 0.3) is 0 Å². The highest BCUT2D eigenvalue weighted by Gasteiger charge is 2.23. The molecule has 0 aliphatic heterocycles. The Kier molecular flexibility index (Phi) is 7.19. The zero-order chi connectivity index (χ0) is 12.7. The van der Waals surface area contributed by atoms with Gasteiger partial charge in [-0.2, -0.15) is 8.42 Å². The van der Waals surface area contributed by atoms with Gasteiger partial charge in [-0.1, -0.05) is 13.8 Å². The highest BCUT2D eigenvalue weighted by molar-refractivity contribution is 7.85. The number of rotatable bonds is 9. The lowest BCUT2D eigenvalue weighted by molar-refractivity contribution is -0.926. The predicted molar refractivity (Wildman–Crippen MR) is 67.0 cm³/mol. The molecule has 0 radical (unpaired) electrons. The van der Waals surface area contributed by atoms with E-state index in [1.807, 2.05) is 0 Å². The second-order valence-corrected chi connectivity index (χ2v) is 6.04. The van der Waals surface area contributed by atoms with Crippen molar-refractivity contribution in [3.05, 3.63) is 0 Å². The van der Waals surface area contributed by atoms with E-state index < -0.39 is 10.1 Å². The van der Waals surface area contributed by atoms with Crippen LogP contribution in [0, 0.1) is 0 Å². The van der Waals surface area contributed by atoms with E-state index in [1.54, 1.807) is 0 Å². The first-order valence-electron chi connectivity index (χ1n) is 6.19. The van der Waals surface area contributed by atoms with E-state index in [9.17, 15) is 8.42 Å². The van der Waals surface area contributed by atoms with Gasteiger partial charge in [0, 0.05) is 6.42 Å². The molecule has 98 valence electrons. The molecule has 0 aliphatic rings. The zero-order valence-electron chi connectivity index (χ0n) is 10.8. The third-order valence-electron chi connectivity index (χ3n) is 3.10. The minimum atomic E-state index is -3.79. The Morgan fingerprint density at radius 1 is 1.00 bits per heavy atom. The van der Waals surface area contributed by atoms with Crippen LogP contribution in [-0.2, 0) is 10.1 Å². The van der Waals surface area contributed by atoms with Crippen molar-refractivity contribution in [2.24, 2.45) is 0 Å². The summed E-state index contributed by atoms with van der Waals surface area (Å²) in [6, 6.07) is 0. The molecular weight excluding hydrogens is 226 g/mol. The van der Waals surface area contributed by atoms with Gasteiger partial charge >= 0.3 is 0 Å². The third-order valence-corrected chi connectivity index (χ3v) is 3.91. The van der Waals surface area contributed by atoms with Crippen molar-refractivity contribution in [3.63, 3.8) is 0 Å². The molecule has 5 heteroatoms. The maximum Gasteiger partial charge on any atom is 0.265 e. The van der Waals surface area contributed by atoms with Crippen molar-refractivity contribution in [1.82, 2.24) is 0 Å². The summed E-state index contributed by atoms with van der Waals surface area (Å²) in [7, 11) is -3.79. The first-order chi connectivity index (χ1) is 7.39. The van der Waals surface area contributed by atoms with Gasteiger partial charge in [-0.25, -0.2) is 0 Å². The SMILES string of the molecule is CCC[N+](CC)(CCC)CCCS(=O)(=O)O. The molecule has 0 atom stereocenters. The molecule has 0 aromatic rings. The number of nitrogens with zero attached hydrogens (tertiary/aromatic N) is 1. The fourth-order valence-electron chi connectivity index (χ4n) is 2.34. The standard InChI is InChI=1S/C11H25NO3S/c1-4-8-12(6-3,9-5-2)10-7-11-16(13,14)15/h4-11H2,1-3H3/p+1. The first-order valence-corrected chi connectivity index (χ1v) is 7.80. The quantitative estimate of drug-likeness (QED) is 0.504. The normalized spacial score (nSPS) is 13.0. The summed E-state index contributed by atoms with van der Waals surface area (Å²) in [4.78, 5) is 0. The van der Waals surface area contributed by atoms with Crippen LogP contribution in [-0.4, -0.2) is 49.4 Å². The summed E-state index contributed by atoms with van der Waals surface area (Å²) < 4.78 is 31.0. The molecule has 0 fully saturated rings. The van der Waals surface area contributed by atoms with E-state index in [-0.39, 0.29) is 5.75 Å². The molecule has 0 unspecified atom stereocenters. The van der Waals surface area contributed by atoms with Crippen LogP contribution in [0.1, 0.15) is 40.0 Å². The van der Waals surface area contributed by atoms with E-state index in [0.717, 1.165) is 43.5 Å². The Balaban J connectivity index is 4.30. The molecule has 0 saturated heterocycles. The van der Waals surface area contributed by atoms with Gasteiger partial charge in [0.05, 0.1) is 31.9 Å². The zero-order valence-corrected chi connectivity index (χ0v) is 11.6. The maximum absolute atomic E-state index is 10.7. The smallest absolute Gasteiger partial charge is 0.265 e. The largest absolute Gasteiger partial charge is 0.324 e. The van der Waals surface area contributed by atoms with Gasteiger partial charge in [-0.15, -0.1) is 0 Å². The van der Waals surface area contributed by atoms with Crippen molar-refractivity contribution in [3.8, 4) is 0 Å². The van der Waals surface area contributed by atoms with E-state index >= 15 is 0 Å². The maximum atomic E-state index is 10.7. The lowest BCUT2D eigenvalue weighted by Crippen LogP contribution is -2.50. The van der Waals surface area contributed by atoms with Gasteiger partial charge in [-0.3, -0.25) is 4.55 Å². The monoisotopic (exact) mass is 252 g/mol. The van der Waals surface area contributed by atoms with E-state index in [4.69, 9.17) is 4.55 Å². The van der Waals surface area contributed by atoms with Gasteiger partial charge < -0.3 is 4.48 Å². The highest BCUT2D eigenvalue weighted by atomic mass is 32.2. The summed E-state index contributed by atoms with van der Waals surface area (Å²) in [5.41, 5.74) is 0. The number of hydrogen-bond donors (Lipinski definition) is 1. The summed E-state index contributed by atoms with van der Waals surface area (Å²) in [5, 5.41) is 0. The van der Waals surface area contributed by atoms with E-state index in [1.165, 1.54) is 0 Å². The summed E-state index contributed by atoms with van der Waals surface area (Å²) >= 11 is 0. The third kappa shape index (κ3) is 6.45. The molecule has 0 aromatic carbocycles. The molecule has 16 heavy (non-hydrogen) atoms. The van der Waals surface area contributed by atoms with Gasteiger partial charge in [-0.05, 0) is 19.8 Å². The molecule has 0 spiro atoms. The highest BCUT2D eigenvalue weighted by Crippen LogP contribution is 2.11. The van der Waals surface area contributed by atoms with Crippen molar-refractivity contribution >= 4 is 10.1 Å². The van der Waals surface area contributed by atoms with Crippen LogP contribution in [0.2, 0.25) is 0 Å². The molecule has 0 amide bonds. The van der Waals surface area contributed by atoms with Crippen molar-refractivity contribution < 1.29 is 17.5 Å². The Hall–Kier alpha value is -0.130. The molecule has 4 nitrogen and oxygen atoms in total. The van der Waals surface area contributed by atoms with Gasteiger partial charge in [0.2, 0.25) is 0 Å². The van der Waals surface area contributed by atoms with Crippen molar-refractivity contribution in [2.45, 2.75) is 40.0 Å². The topological polar surface area (TPSA) is 54.4 Å². The summed E-state index contributed by atoms with van der Waals surface area (Å²) in [6.07, 6.45) is 2.77. The minimum Gasteiger partial charge on any atom is -0.324 e. The average Bonchev–Trinajstić information content (AvgIpc) is 2.16. The second-order valence-electron chi connectivity index (χ2n) is 4.47. The van der Waals surface area contributed by atoms with Crippen molar-refractivity contribution in [2.75, 3.05) is 31.9 Å². The lowest BCUT2D eigenvalue weighted by Gasteiger charge is -2.37. The Morgan fingerprint density at radius 3 is 1.81 bits per heavy atom. The molecule has 0 aliphatic carbocycles. The minimum absolute atomic E-state index is 0.111. The molecule has 0 rings (SSSR count). The second kappa shape index (κ2) is 7.25. The van der Waals surface area contributed by atoms with Gasteiger partial charge in [0.25, 0.3) is 10.1 Å². The van der Waals surface area contributed by atoms with Gasteiger partial charge in [0.1, 0.15) is 0 Å². The predicted octanol–water partition coefficient (Wildman–Crippen LogP) is 1.92. The Morgan fingerprint density at radius 2 is 1.50 bits per heavy atom. The lowest BCUT2D eigenvalue weighted by atomic mass is 10.2. The molecule has 0 aromatic heterocycles. The summed E-state index contributed by atoms with van der Waals surface area (Å²) in [5.74, 6) is -0.111. The average molecular weight is 252 g/mol. The van der Waals surface area contributed by atoms with E-state index in [2.05, 4.69) is 20.8 Å². The molecule has 1 N–H and O–H groups in total. The molecule has 0 bridgehead atoms. The number of hydrogen-bond acceptors (Lipinski definition) is 2. The van der Waals surface area contributed by atoms with Crippen molar-refractivity contribution in [1.29, 1.82) is 0 Å². The fraction of sp³-hybridized carbons (Fsp3) is 1.00. The van der Waals surface area contributed by atoms with Gasteiger partial charge in [0.15, 0.2) is 0 Å². The van der Waals surface area contributed by atoms with E-state index in [0.29, 0.717) is 6.42 Å². The first kappa shape index (κ1) is 15.9. The summed E-state index contributed by atoms with van der Waals surface area (Å²) in [6.45, 7) is 10.5. The van der Waals surface area contributed by atoms with Crippen LogP contribution in [0.5, 0.6) is 0 Å². The Labute approximate surface area is 100.0 Å². The van der Waals surface area contributed by atoms with Crippen LogP contribution in [0.3, 0.4) is 0 Å². The molecule has 0 heterocycles. The van der Waals surface area contributed by atoms with Crippen LogP contribution < -0.4 is 0 Å². The van der Waals surface area contributed by atoms with Crippen LogP contribution in [0.15, 0.2) is 0 Å². The van der Waals surface area contributed by atoms with Crippen LogP contribution >= 0.6 is 0 Å². The Bertz CT molecular complexity index is 269. The molecular formula is C11H26NO3S+. The van der Waals surface area contributed by atoms with Crippen LogP contribution in [0.4, 0.5) is 0 Å².